The van der Waals surface area contributed by atoms with Crippen LogP contribution in [-0.2, 0) is 6.61 Å². The van der Waals surface area contributed by atoms with Crippen molar-refractivity contribution in [2.75, 3.05) is 0 Å². The predicted molar refractivity (Wildman–Crippen MR) is 72.7 cm³/mol. The molecule has 1 aliphatic rings. The number of hydrogen-bond donors (Lipinski definition) is 1. The Hall–Kier alpha value is -1.80. The molecule has 92 valence electrons. The van der Waals surface area contributed by atoms with Crippen molar-refractivity contribution in [2.24, 2.45) is 5.73 Å². The van der Waals surface area contributed by atoms with E-state index in [0.717, 1.165) is 5.75 Å². The summed E-state index contributed by atoms with van der Waals surface area (Å²) in [5.41, 5.74) is 9.92. The van der Waals surface area contributed by atoms with Gasteiger partial charge in [-0.25, -0.2) is 0 Å². The van der Waals surface area contributed by atoms with Crippen molar-refractivity contribution in [1.82, 2.24) is 0 Å². The minimum Gasteiger partial charge on any atom is -0.489 e. The fraction of sp³-hybridized carbons (Fsp3) is 0.250. The summed E-state index contributed by atoms with van der Waals surface area (Å²) in [7, 11) is 0. The zero-order valence-electron chi connectivity index (χ0n) is 10.5. The first kappa shape index (κ1) is 11.3. The Bertz CT molecular complexity index is 515. The molecule has 0 radical (unpaired) electrons. The van der Waals surface area contributed by atoms with Crippen molar-refractivity contribution < 1.29 is 4.74 Å². The third-order valence-corrected chi connectivity index (χ3v) is 3.55. The highest BCUT2D eigenvalue weighted by molar-refractivity contribution is 5.47. The Kier molecular flexibility index (Phi) is 2.80. The van der Waals surface area contributed by atoms with E-state index in [9.17, 15) is 0 Å². The SMILES string of the molecule is CC(N)C1c2ccccc2COc2ccccc21. The molecule has 2 aromatic rings. The fourth-order valence-corrected chi connectivity index (χ4v) is 2.73. The number of hydrogen-bond acceptors (Lipinski definition) is 2. The molecule has 0 saturated carbocycles. The van der Waals surface area contributed by atoms with Gasteiger partial charge in [0.15, 0.2) is 0 Å². The molecule has 2 atom stereocenters. The minimum absolute atomic E-state index is 0.0639. The van der Waals surface area contributed by atoms with Gasteiger partial charge in [0.2, 0.25) is 0 Å². The van der Waals surface area contributed by atoms with E-state index in [1.165, 1.54) is 16.7 Å². The van der Waals surface area contributed by atoms with Gasteiger partial charge in [0, 0.05) is 17.5 Å². The maximum Gasteiger partial charge on any atom is 0.123 e. The van der Waals surface area contributed by atoms with Crippen molar-refractivity contribution in [3.05, 3.63) is 65.2 Å². The molecule has 0 saturated heterocycles. The summed E-state index contributed by atoms with van der Waals surface area (Å²) in [6, 6.07) is 16.7. The van der Waals surface area contributed by atoms with Gasteiger partial charge in [-0.05, 0) is 24.1 Å². The van der Waals surface area contributed by atoms with Crippen LogP contribution in [0.15, 0.2) is 48.5 Å². The first-order valence-electron chi connectivity index (χ1n) is 6.32. The monoisotopic (exact) mass is 239 g/mol. The van der Waals surface area contributed by atoms with Crippen molar-refractivity contribution in [3.63, 3.8) is 0 Å². The lowest BCUT2D eigenvalue weighted by atomic mass is 9.84. The Balaban J connectivity index is 2.21. The first-order chi connectivity index (χ1) is 8.77. The summed E-state index contributed by atoms with van der Waals surface area (Å²) in [6.07, 6.45) is 0. The number of rotatable bonds is 1. The van der Waals surface area contributed by atoms with E-state index >= 15 is 0 Å². The predicted octanol–water partition coefficient (Wildman–Crippen LogP) is 3.06. The Morgan fingerprint density at radius 2 is 1.72 bits per heavy atom. The van der Waals surface area contributed by atoms with E-state index in [-0.39, 0.29) is 12.0 Å². The van der Waals surface area contributed by atoms with Crippen LogP contribution in [0.4, 0.5) is 0 Å². The van der Waals surface area contributed by atoms with E-state index < -0.39 is 0 Å². The van der Waals surface area contributed by atoms with Crippen LogP contribution in [-0.4, -0.2) is 6.04 Å². The Labute approximate surface area is 107 Å². The Morgan fingerprint density at radius 1 is 1.06 bits per heavy atom. The molecule has 2 unspecified atom stereocenters. The van der Waals surface area contributed by atoms with Crippen LogP contribution in [0.25, 0.3) is 0 Å². The molecule has 2 N–H and O–H groups in total. The van der Waals surface area contributed by atoms with Crippen LogP contribution in [0, 0.1) is 0 Å². The lowest BCUT2D eigenvalue weighted by molar-refractivity contribution is 0.306. The molecule has 3 rings (SSSR count). The van der Waals surface area contributed by atoms with Crippen LogP contribution in [0.1, 0.15) is 29.5 Å². The van der Waals surface area contributed by atoms with E-state index in [2.05, 4.69) is 37.3 Å². The van der Waals surface area contributed by atoms with Gasteiger partial charge < -0.3 is 10.5 Å². The minimum atomic E-state index is 0.0639. The van der Waals surface area contributed by atoms with Crippen molar-refractivity contribution in [2.45, 2.75) is 25.5 Å². The lowest BCUT2D eigenvalue weighted by Gasteiger charge is -2.22. The van der Waals surface area contributed by atoms with Crippen LogP contribution in [0.2, 0.25) is 0 Å². The molecule has 0 amide bonds. The molecule has 0 aromatic heterocycles. The highest BCUT2D eigenvalue weighted by Crippen LogP contribution is 2.38. The average Bonchev–Trinajstić information content (AvgIpc) is 2.55. The standard InChI is InChI=1S/C16H17NO/c1-11(17)16-13-7-3-2-6-12(13)10-18-15-9-5-4-8-14(15)16/h2-9,11,16H,10,17H2,1H3. The maximum absolute atomic E-state index is 6.21. The van der Waals surface area contributed by atoms with Crippen molar-refractivity contribution >= 4 is 0 Å². The number of fused-ring (bicyclic) bond motifs is 2. The highest BCUT2D eigenvalue weighted by atomic mass is 16.5. The molecule has 1 aliphatic heterocycles. The van der Waals surface area contributed by atoms with E-state index in [0.29, 0.717) is 6.61 Å². The largest absolute Gasteiger partial charge is 0.489 e. The van der Waals surface area contributed by atoms with E-state index in [1.807, 2.05) is 18.2 Å². The average molecular weight is 239 g/mol. The summed E-state index contributed by atoms with van der Waals surface area (Å²) in [6.45, 7) is 2.68. The van der Waals surface area contributed by atoms with Gasteiger partial charge in [0.25, 0.3) is 0 Å². The van der Waals surface area contributed by atoms with Crippen LogP contribution in [0.3, 0.4) is 0 Å². The van der Waals surface area contributed by atoms with Crippen molar-refractivity contribution in [1.29, 1.82) is 0 Å². The number of benzene rings is 2. The maximum atomic E-state index is 6.21. The van der Waals surface area contributed by atoms with Gasteiger partial charge in [0.1, 0.15) is 12.4 Å². The van der Waals surface area contributed by atoms with E-state index in [1.54, 1.807) is 0 Å². The smallest absolute Gasteiger partial charge is 0.123 e. The number of ether oxygens (including phenoxy) is 1. The molecule has 0 fully saturated rings. The fourth-order valence-electron chi connectivity index (χ4n) is 2.73. The Morgan fingerprint density at radius 3 is 2.50 bits per heavy atom. The zero-order chi connectivity index (χ0) is 12.5. The molecule has 2 nitrogen and oxygen atoms in total. The number of nitrogens with two attached hydrogens (primary N) is 1. The van der Waals surface area contributed by atoms with Crippen LogP contribution < -0.4 is 10.5 Å². The number of para-hydroxylation sites is 1. The summed E-state index contributed by atoms with van der Waals surface area (Å²) in [5.74, 6) is 1.16. The third-order valence-electron chi connectivity index (χ3n) is 3.55. The topological polar surface area (TPSA) is 35.2 Å². The van der Waals surface area contributed by atoms with E-state index in [4.69, 9.17) is 10.5 Å². The van der Waals surface area contributed by atoms with Gasteiger partial charge in [-0.2, -0.15) is 0 Å². The van der Waals surface area contributed by atoms with Crippen LogP contribution in [0.5, 0.6) is 5.75 Å². The van der Waals surface area contributed by atoms with Gasteiger partial charge in [-0.1, -0.05) is 42.5 Å². The second-order valence-electron chi connectivity index (χ2n) is 4.86. The summed E-state index contributed by atoms with van der Waals surface area (Å²) in [5, 5.41) is 0. The lowest BCUT2D eigenvalue weighted by Crippen LogP contribution is -2.26. The molecular weight excluding hydrogens is 222 g/mol. The second-order valence-corrected chi connectivity index (χ2v) is 4.86. The van der Waals surface area contributed by atoms with Crippen molar-refractivity contribution in [3.8, 4) is 5.75 Å². The molecule has 18 heavy (non-hydrogen) atoms. The van der Waals surface area contributed by atoms with Gasteiger partial charge in [0.05, 0.1) is 0 Å². The van der Waals surface area contributed by atoms with Gasteiger partial charge in [-0.15, -0.1) is 0 Å². The quantitative estimate of drug-likeness (QED) is 0.830. The molecular formula is C16H17NO. The molecule has 1 heterocycles. The third kappa shape index (κ3) is 1.79. The highest BCUT2D eigenvalue weighted by Gasteiger charge is 2.26. The summed E-state index contributed by atoms with van der Waals surface area (Å²) in [4.78, 5) is 0. The van der Waals surface area contributed by atoms with Gasteiger partial charge in [-0.3, -0.25) is 0 Å². The summed E-state index contributed by atoms with van der Waals surface area (Å²) < 4.78 is 5.90. The molecule has 2 heteroatoms. The first-order valence-corrected chi connectivity index (χ1v) is 6.32. The molecule has 2 aromatic carbocycles. The van der Waals surface area contributed by atoms with Crippen LogP contribution >= 0.6 is 0 Å². The second kappa shape index (κ2) is 4.46. The van der Waals surface area contributed by atoms with Gasteiger partial charge >= 0.3 is 0 Å². The molecule has 0 bridgehead atoms. The zero-order valence-corrected chi connectivity index (χ0v) is 10.5. The summed E-state index contributed by atoms with van der Waals surface area (Å²) >= 11 is 0. The molecule has 0 spiro atoms. The molecule has 0 aliphatic carbocycles. The normalized spacial score (nSPS) is 19.1.